The number of benzene rings is 1. The lowest BCUT2D eigenvalue weighted by Crippen LogP contribution is -2.36. The number of amides is 1. The molecule has 4 rings (SSSR count). The molecule has 1 N–H and O–H groups in total. The molecule has 180 valence electrons. The maximum Gasteiger partial charge on any atom is 0.573 e. The van der Waals surface area contributed by atoms with Gasteiger partial charge in [0.25, 0.3) is 0 Å². The molecule has 0 radical (unpaired) electrons. The maximum absolute atomic E-state index is 12.6. The summed E-state index contributed by atoms with van der Waals surface area (Å²) in [5.41, 5.74) is 1.53. The molecular weight excluding hydrogens is 451 g/mol. The molecule has 0 saturated carbocycles. The van der Waals surface area contributed by atoms with Crippen LogP contribution < -0.4 is 4.74 Å². The number of nitrogens with zero attached hydrogens (tertiary/aromatic N) is 4. The summed E-state index contributed by atoms with van der Waals surface area (Å²) in [7, 11) is 0. The van der Waals surface area contributed by atoms with Crippen LogP contribution in [0.25, 0.3) is 22.8 Å². The van der Waals surface area contributed by atoms with Gasteiger partial charge in [-0.1, -0.05) is 12.1 Å². The average Bonchev–Trinajstić information content (AvgIpc) is 3.41. The first-order chi connectivity index (χ1) is 16.0. The van der Waals surface area contributed by atoms with E-state index in [1.54, 1.807) is 17.0 Å². The van der Waals surface area contributed by atoms with Gasteiger partial charge in [0.1, 0.15) is 17.0 Å². The standard InChI is InChI=1S/C23H24F3N5O3/c1-22(2,3)34-21(32)31-11-5-8-19(31)18-13-17(29-30-18)16-9-10-27-20(28-16)14-6-4-7-15(12-14)33-23(24,25)26/h4,6-7,9-10,12-13,19H,5,8,11H2,1-3H3,(H,29,30). The van der Waals surface area contributed by atoms with E-state index in [2.05, 4.69) is 24.9 Å². The number of H-pyrrole nitrogens is 1. The smallest absolute Gasteiger partial charge is 0.444 e. The molecule has 1 aromatic carbocycles. The molecule has 3 aromatic rings. The topological polar surface area (TPSA) is 93.2 Å². The Balaban J connectivity index is 1.55. The monoisotopic (exact) mass is 475 g/mol. The Kier molecular flexibility index (Phi) is 6.20. The highest BCUT2D eigenvalue weighted by Crippen LogP contribution is 2.34. The molecule has 1 aliphatic heterocycles. The van der Waals surface area contributed by atoms with E-state index in [-0.39, 0.29) is 23.7 Å². The number of aromatic nitrogens is 4. The molecule has 11 heteroatoms. The number of alkyl halides is 3. The summed E-state index contributed by atoms with van der Waals surface area (Å²) >= 11 is 0. The van der Waals surface area contributed by atoms with Gasteiger partial charge in [0.15, 0.2) is 5.82 Å². The van der Waals surface area contributed by atoms with Crippen LogP contribution in [0.1, 0.15) is 45.3 Å². The number of rotatable bonds is 4. The molecule has 1 unspecified atom stereocenters. The molecule has 1 amide bonds. The minimum Gasteiger partial charge on any atom is -0.444 e. The van der Waals surface area contributed by atoms with E-state index in [4.69, 9.17) is 4.74 Å². The van der Waals surface area contributed by atoms with Gasteiger partial charge in [0, 0.05) is 18.3 Å². The van der Waals surface area contributed by atoms with Crippen molar-refractivity contribution in [2.75, 3.05) is 6.54 Å². The van der Waals surface area contributed by atoms with E-state index in [1.807, 2.05) is 26.8 Å². The third kappa shape index (κ3) is 5.64. The lowest BCUT2D eigenvalue weighted by Gasteiger charge is -2.28. The lowest BCUT2D eigenvalue weighted by atomic mass is 10.1. The number of halogens is 3. The number of likely N-dealkylation sites (tertiary alicyclic amines) is 1. The second-order valence-corrected chi connectivity index (χ2v) is 8.88. The molecule has 1 saturated heterocycles. The number of hydrogen-bond acceptors (Lipinski definition) is 6. The van der Waals surface area contributed by atoms with Crippen LogP contribution in [0.5, 0.6) is 5.75 Å². The van der Waals surface area contributed by atoms with Crippen molar-refractivity contribution in [3.05, 3.63) is 48.3 Å². The van der Waals surface area contributed by atoms with Gasteiger partial charge in [-0.3, -0.25) is 10.00 Å². The maximum atomic E-state index is 12.6. The van der Waals surface area contributed by atoms with Crippen LogP contribution in [0.2, 0.25) is 0 Å². The van der Waals surface area contributed by atoms with Gasteiger partial charge >= 0.3 is 12.5 Å². The van der Waals surface area contributed by atoms with E-state index in [1.165, 1.54) is 24.4 Å². The molecule has 8 nitrogen and oxygen atoms in total. The van der Waals surface area contributed by atoms with Crippen molar-refractivity contribution in [1.82, 2.24) is 25.1 Å². The van der Waals surface area contributed by atoms with E-state index < -0.39 is 12.0 Å². The van der Waals surface area contributed by atoms with Crippen LogP contribution in [0, 0.1) is 0 Å². The first-order valence-electron chi connectivity index (χ1n) is 10.7. The zero-order valence-corrected chi connectivity index (χ0v) is 18.9. The number of carbonyl (C=O) groups excluding carboxylic acids is 1. The number of carbonyl (C=O) groups is 1. The van der Waals surface area contributed by atoms with Crippen LogP contribution in [0.15, 0.2) is 42.6 Å². The van der Waals surface area contributed by atoms with Crippen LogP contribution in [-0.2, 0) is 4.74 Å². The highest BCUT2D eigenvalue weighted by molar-refractivity contribution is 5.69. The van der Waals surface area contributed by atoms with Crippen molar-refractivity contribution in [3.63, 3.8) is 0 Å². The summed E-state index contributed by atoms with van der Waals surface area (Å²) in [6.45, 7) is 6.05. The van der Waals surface area contributed by atoms with Gasteiger partial charge in [-0.15, -0.1) is 13.2 Å². The Morgan fingerprint density at radius 2 is 1.94 bits per heavy atom. The second-order valence-electron chi connectivity index (χ2n) is 8.88. The van der Waals surface area contributed by atoms with Gasteiger partial charge in [-0.05, 0) is 57.9 Å². The Morgan fingerprint density at radius 3 is 2.68 bits per heavy atom. The van der Waals surface area contributed by atoms with Gasteiger partial charge in [-0.2, -0.15) is 5.10 Å². The summed E-state index contributed by atoms with van der Waals surface area (Å²) in [5.74, 6) is -0.129. The van der Waals surface area contributed by atoms with Crippen molar-refractivity contribution in [2.45, 2.75) is 51.6 Å². The first kappa shape index (κ1) is 23.5. The highest BCUT2D eigenvalue weighted by Gasteiger charge is 2.34. The average molecular weight is 475 g/mol. The fourth-order valence-electron chi connectivity index (χ4n) is 3.74. The number of aromatic amines is 1. The molecule has 0 bridgehead atoms. The molecule has 3 heterocycles. The zero-order chi connectivity index (χ0) is 24.5. The van der Waals surface area contributed by atoms with Crippen LogP contribution in [0.3, 0.4) is 0 Å². The van der Waals surface area contributed by atoms with Crippen molar-refractivity contribution in [1.29, 1.82) is 0 Å². The molecule has 1 atom stereocenters. The van der Waals surface area contributed by atoms with Crippen LogP contribution in [0.4, 0.5) is 18.0 Å². The Hall–Kier alpha value is -3.63. The minimum absolute atomic E-state index is 0.200. The summed E-state index contributed by atoms with van der Waals surface area (Å²) < 4.78 is 47.2. The van der Waals surface area contributed by atoms with Gasteiger partial charge in [0.2, 0.25) is 0 Å². The SMILES string of the molecule is CC(C)(C)OC(=O)N1CCCC1c1cc(-c2ccnc(-c3cccc(OC(F)(F)F)c3)n2)n[nH]1. The summed E-state index contributed by atoms with van der Waals surface area (Å²) in [4.78, 5) is 22.9. The Labute approximate surface area is 194 Å². The molecule has 0 aliphatic carbocycles. The van der Waals surface area contributed by atoms with Crippen molar-refractivity contribution in [3.8, 4) is 28.5 Å². The third-order valence-electron chi connectivity index (χ3n) is 5.08. The Morgan fingerprint density at radius 1 is 1.15 bits per heavy atom. The normalized spacial score (nSPS) is 16.5. The predicted octanol–water partition coefficient (Wildman–Crippen LogP) is 5.50. The van der Waals surface area contributed by atoms with Gasteiger partial charge < -0.3 is 9.47 Å². The minimum atomic E-state index is -4.79. The Bertz CT molecular complexity index is 1170. The largest absolute Gasteiger partial charge is 0.573 e. The van der Waals surface area contributed by atoms with Crippen molar-refractivity contribution >= 4 is 6.09 Å². The quantitative estimate of drug-likeness (QED) is 0.535. The summed E-state index contributed by atoms with van der Waals surface area (Å²) in [6, 6.07) is 8.72. The van der Waals surface area contributed by atoms with Crippen molar-refractivity contribution in [2.24, 2.45) is 0 Å². The highest BCUT2D eigenvalue weighted by atomic mass is 19.4. The van der Waals surface area contributed by atoms with Crippen LogP contribution >= 0.6 is 0 Å². The number of ether oxygens (including phenoxy) is 2. The molecular formula is C23H24F3N5O3. The van der Waals surface area contributed by atoms with E-state index >= 15 is 0 Å². The van der Waals surface area contributed by atoms with E-state index in [0.29, 0.717) is 23.5 Å². The number of nitrogens with one attached hydrogen (secondary N) is 1. The lowest BCUT2D eigenvalue weighted by molar-refractivity contribution is -0.274. The summed E-state index contributed by atoms with van der Waals surface area (Å²) in [5, 5.41) is 7.32. The molecule has 34 heavy (non-hydrogen) atoms. The third-order valence-corrected chi connectivity index (χ3v) is 5.08. The fourth-order valence-corrected chi connectivity index (χ4v) is 3.74. The molecule has 1 aliphatic rings. The molecule has 1 fully saturated rings. The number of hydrogen-bond donors (Lipinski definition) is 1. The second kappa shape index (κ2) is 8.96. The predicted molar refractivity (Wildman–Crippen MR) is 117 cm³/mol. The summed E-state index contributed by atoms with van der Waals surface area (Å²) in [6.07, 6.45) is -2.06. The first-order valence-corrected chi connectivity index (χ1v) is 10.7. The fraction of sp³-hybridized carbons (Fsp3) is 0.391. The molecule has 0 spiro atoms. The van der Waals surface area contributed by atoms with Crippen molar-refractivity contribution < 1.29 is 27.4 Å². The van der Waals surface area contributed by atoms with Crippen LogP contribution in [-0.4, -0.2) is 49.7 Å². The zero-order valence-electron chi connectivity index (χ0n) is 18.9. The van der Waals surface area contributed by atoms with E-state index in [0.717, 1.165) is 18.5 Å². The van der Waals surface area contributed by atoms with Gasteiger partial charge in [0.05, 0.1) is 17.4 Å². The molecule has 2 aromatic heterocycles. The van der Waals surface area contributed by atoms with Gasteiger partial charge in [-0.25, -0.2) is 14.8 Å². The van der Waals surface area contributed by atoms with E-state index in [9.17, 15) is 18.0 Å².